The summed E-state index contributed by atoms with van der Waals surface area (Å²) in [5.74, 6) is -0.363. The van der Waals surface area contributed by atoms with E-state index in [1.807, 2.05) is 39.0 Å². The van der Waals surface area contributed by atoms with Crippen LogP contribution in [-0.2, 0) is 35.1 Å². The van der Waals surface area contributed by atoms with Crippen LogP contribution < -0.4 is 0 Å². The minimum atomic E-state index is -0.703. The highest BCUT2D eigenvalue weighted by Gasteiger charge is 2.74. The van der Waals surface area contributed by atoms with Gasteiger partial charge in [0.2, 0.25) is 0 Å². The van der Waals surface area contributed by atoms with Gasteiger partial charge in [-0.1, -0.05) is 30.3 Å². The van der Waals surface area contributed by atoms with E-state index in [0.717, 1.165) is 18.4 Å². The predicted molar refractivity (Wildman–Crippen MR) is 99.0 cm³/mol. The summed E-state index contributed by atoms with van der Waals surface area (Å²) in [5, 5.41) is 0. The van der Waals surface area contributed by atoms with Gasteiger partial charge < -0.3 is 23.7 Å². The Morgan fingerprint density at radius 1 is 1.14 bits per heavy atom. The van der Waals surface area contributed by atoms with E-state index in [-0.39, 0.29) is 35.9 Å². The third-order valence-corrected chi connectivity index (χ3v) is 6.78. The molecule has 0 N–H and O–H groups in total. The third-order valence-electron chi connectivity index (χ3n) is 6.78. The number of esters is 1. The molecule has 0 aromatic heterocycles. The molecule has 4 aliphatic rings. The smallest absolute Gasteiger partial charge is 0.309 e. The van der Waals surface area contributed by atoms with Crippen molar-refractivity contribution < 1.29 is 28.5 Å². The highest BCUT2D eigenvalue weighted by molar-refractivity contribution is 5.74. The van der Waals surface area contributed by atoms with Crippen LogP contribution in [0.25, 0.3) is 0 Å². The van der Waals surface area contributed by atoms with Crippen molar-refractivity contribution in [3.8, 4) is 0 Å². The lowest BCUT2D eigenvalue weighted by atomic mass is 9.66. The number of carbonyl (C=O) groups excluding carboxylic acids is 1. The Morgan fingerprint density at radius 3 is 2.68 bits per heavy atom. The van der Waals surface area contributed by atoms with Crippen molar-refractivity contribution >= 4 is 5.97 Å². The fourth-order valence-electron chi connectivity index (χ4n) is 5.57. The fraction of sp³-hybridized carbons (Fsp3) is 0.682. The van der Waals surface area contributed by atoms with Crippen LogP contribution in [-0.4, -0.2) is 42.5 Å². The molecule has 1 unspecified atom stereocenters. The molecule has 1 aromatic carbocycles. The molecule has 2 aliphatic carbocycles. The topological polar surface area (TPSA) is 63.2 Å². The summed E-state index contributed by atoms with van der Waals surface area (Å²) in [6.07, 6.45) is 0.702. The molecule has 5 rings (SSSR count). The van der Waals surface area contributed by atoms with Gasteiger partial charge in [0.15, 0.2) is 12.1 Å². The molecule has 2 saturated carbocycles. The van der Waals surface area contributed by atoms with Crippen LogP contribution in [0.4, 0.5) is 0 Å². The number of fused-ring (bicyclic) bond motifs is 5. The molecular weight excluding hydrogens is 360 g/mol. The Kier molecular flexibility index (Phi) is 4.32. The average molecular weight is 388 g/mol. The number of rotatable bonds is 5. The standard InChI is InChI=1S/C22H28O6/c1-4-24-19(23)15-10-14-16(15)11-22(25-12-13-8-6-5-7-9-13)17(14)26-20-18(22)27-21(2,3)28-20/h5-9,14-18,20H,4,10-12H2,1-3H3/t14-,15?,16-,17-,18+,20-,22-/m1/s1. The molecule has 28 heavy (non-hydrogen) atoms. The zero-order valence-corrected chi connectivity index (χ0v) is 16.6. The summed E-state index contributed by atoms with van der Waals surface area (Å²) in [7, 11) is 0. The molecule has 0 amide bonds. The van der Waals surface area contributed by atoms with Crippen molar-refractivity contribution in [2.75, 3.05) is 6.61 Å². The maximum atomic E-state index is 12.3. The molecule has 6 nitrogen and oxygen atoms in total. The lowest BCUT2D eigenvalue weighted by Gasteiger charge is -2.40. The van der Waals surface area contributed by atoms with Gasteiger partial charge in [0, 0.05) is 0 Å². The molecular formula is C22H28O6. The number of ether oxygens (including phenoxy) is 5. The Labute approximate surface area is 165 Å². The second-order valence-corrected chi connectivity index (χ2v) is 8.84. The molecule has 6 heteroatoms. The van der Waals surface area contributed by atoms with Crippen LogP contribution >= 0.6 is 0 Å². The Bertz CT molecular complexity index is 749. The largest absolute Gasteiger partial charge is 0.466 e. The van der Waals surface area contributed by atoms with Crippen molar-refractivity contribution in [2.24, 2.45) is 17.8 Å². The number of carbonyl (C=O) groups is 1. The Hall–Kier alpha value is -1.47. The van der Waals surface area contributed by atoms with Crippen LogP contribution in [0, 0.1) is 17.8 Å². The lowest BCUT2D eigenvalue weighted by Crippen LogP contribution is -2.49. The van der Waals surface area contributed by atoms with E-state index >= 15 is 0 Å². The minimum Gasteiger partial charge on any atom is -0.466 e. The second-order valence-electron chi connectivity index (χ2n) is 8.84. The van der Waals surface area contributed by atoms with Crippen molar-refractivity contribution in [1.82, 2.24) is 0 Å². The first-order chi connectivity index (χ1) is 13.4. The van der Waals surface area contributed by atoms with E-state index in [0.29, 0.717) is 13.2 Å². The van der Waals surface area contributed by atoms with Crippen molar-refractivity contribution in [2.45, 2.75) is 70.1 Å². The van der Waals surface area contributed by atoms with E-state index in [2.05, 4.69) is 12.1 Å². The molecule has 1 aromatic rings. The van der Waals surface area contributed by atoms with Gasteiger partial charge in [-0.3, -0.25) is 4.79 Å². The van der Waals surface area contributed by atoms with Crippen LogP contribution in [0.5, 0.6) is 0 Å². The molecule has 2 aliphatic heterocycles. The summed E-state index contributed by atoms with van der Waals surface area (Å²) < 4.78 is 30.5. The zero-order chi connectivity index (χ0) is 19.5. The van der Waals surface area contributed by atoms with Gasteiger partial charge in [0.05, 0.1) is 25.2 Å². The van der Waals surface area contributed by atoms with Gasteiger partial charge in [-0.25, -0.2) is 0 Å². The van der Waals surface area contributed by atoms with Crippen LogP contribution in [0.3, 0.4) is 0 Å². The van der Waals surface area contributed by atoms with E-state index in [4.69, 9.17) is 23.7 Å². The minimum absolute atomic E-state index is 0.0647. The van der Waals surface area contributed by atoms with Gasteiger partial charge in [-0.05, 0) is 51.0 Å². The molecule has 2 heterocycles. The van der Waals surface area contributed by atoms with Crippen molar-refractivity contribution in [1.29, 1.82) is 0 Å². The van der Waals surface area contributed by atoms with Crippen LogP contribution in [0.15, 0.2) is 30.3 Å². The SMILES string of the molecule is CCOC(=O)C1C[C@H]2[C@H]3O[C@@H]4OC(C)(C)O[C@@H]4[C@@]3(OCc3ccccc3)C[C@@H]12. The summed E-state index contributed by atoms with van der Waals surface area (Å²) in [4.78, 5) is 12.3. The molecule has 4 fully saturated rings. The first kappa shape index (κ1) is 18.6. The van der Waals surface area contributed by atoms with E-state index in [9.17, 15) is 4.79 Å². The lowest BCUT2D eigenvalue weighted by molar-refractivity contribution is -0.238. The van der Waals surface area contributed by atoms with E-state index in [1.165, 1.54) is 0 Å². The monoisotopic (exact) mass is 388 g/mol. The highest BCUT2D eigenvalue weighted by Crippen LogP contribution is 2.63. The Morgan fingerprint density at radius 2 is 1.93 bits per heavy atom. The highest BCUT2D eigenvalue weighted by atomic mass is 16.8. The predicted octanol–water partition coefficient (Wildman–Crippen LogP) is 3.04. The summed E-state index contributed by atoms with van der Waals surface area (Å²) in [6.45, 7) is 6.55. The zero-order valence-electron chi connectivity index (χ0n) is 16.6. The normalized spacial score (nSPS) is 42.4. The molecule has 152 valence electrons. The van der Waals surface area contributed by atoms with Crippen molar-refractivity contribution in [3.05, 3.63) is 35.9 Å². The molecule has 0 bridgehead atoms. The van der Waals surface area contributed by atoms with Crippen molar-refractivity contribution in [3.63, 3.8) is 0 Å². The van der Waals surface area contributed by atoms with Gasteiger partial charge in [0.1, 0.15) is 11.7 Å². The molecule has 2 saturated heterocycles. The second kappa shape index (κ2) is 6.52. The van der Waals surface area contributed by atoms with E-state index in [1.54, 1.807) is 0 Å². The molecule has 0 spiro atoms. The Balaban J connectivity index is 1.40. The van der Waals surface area contributed by atoms with Gasteiger partial charge in [-0.2, -0.15) is 0 Å². The molecule has 0 radical (unpaired) electrons. The van der Waals surface area contributed by atoms with Gasteiger partial charge in [-0.15, -0.1) is 0 Å². The average Bonchev–Trinajstić information content (AvgIpc) is 3.17. The quantitative estimate of drug-likeness (QED) is 0.723. The van der Waals surface area contributed by atoms with Gasteiger partial charge in [0.25, 0.3) is 0 Å². The third kappa shape index (κ3) is 2.73. The summed E-state index contributed by atoms with van der Waals surface area (Å²) in [5.41, 5.74) is 0.517. The first-order valence-corrected chi connectivity index (χ1v) is 10.3. The van der Waals surface area contributed by atoms with Crippen LogP contribution in [0.1, 0.15) is 39.2 Å². The van der Waals surface area contributed by atoms with E-state index < -0.39 is 17.7 Å². The summed E-state index contributed by atoms with van der Waals surface area (Å²) >= 11 is 0. The first-order valence-electron chi connectivity index (χ1n) is 10.3. The number of hydrogen-bond acceptors (Lipinski definition) is 6. The maximum absolute atomic E-state index is 12.3. The molecule has 7 atom stereocenters. The number of hydrogen-bond donors (Lipinski definition) is 0. The fourth-order valence-corrected chi connectivity index (χ4v) is 5.57. The van der Waals surface area contributed by atoms with Gasteiger partial charge >= 0.3 is 5.97 Å². The summed E-state index contributed by atoms with van der Waals surface area (Å²) in [6, 6.07) is 10.1. The van der Waals surface area contributed by atoms with Crippen LogP contribution in [0.2, 0.25) is 0 Å². The number of benzene rings is 1. The maximum Gasteiger partial charge on any atom is 0.309 e.